The van der Waals surface area contributed by atoms with E-state index in [9.17, 15) is 14.7 Å². The molecule has 2 rings (SSSR count). The first-order chi connectivity index (χ1) is 11.0. The van der Waals surface area contributed by atoms with E-state index in [1.165, 1.54) is 12.3 Å². The fraction of sp³-hybridized carbons (Fsp3) is 0.0625. The van der Waals surface area contributed by atoms with Gasteiger partial charge in [-0.05, 0) is 42.8 Å². The van der Waals surface area contributed by atoms with Gasteiger partial charge in [-0.2, -0.15) is 5.10 Å². The molecule has 118 valence electrons. The topological polar surface area (TPSA) is 90.8 Å². The van der Waals surface area contributed by atoms with Crippen LogP contribution in [0.4, 0.5) is 5.69 Å². The highest BCUT2D eigenvalue weighted by molar-refractivity contribution is 9.10. The van der Waals surface area contributed by atoms with E-state index in [0.717, 1.165) is 10.0 Å². The molecule has 0 unspecified atom stereocenters. The maximum atomic E-state index is 11.7. The minimum absolute atomic E-state index is 0.00964. The summed E-state index contributed by atoms with van der Waals surface area (Å²) in [6.45, 7) is 1.88. The van der Waals surface area contributed by atoms with Gasteiger partial charge in [0.1, 0.15) is 5.75 Å². The lowest BCUT2D eigenvalue weighted by molar-refractivity contribution is -0.136. The van der Waals surface area contributed by atoms with Crippen LogP contribution in [0.1, 0.15) is 11.1 Å². The van der Waals surface area contributed by atoms with Gasteiger partial charge in [-0.1, -0.05) is 28.1 Å². The predicted octanol–water partition coefficient (Wildman–Crippen LogP) is 2.55. The molecule has 0 heterocycles. The molecule has 0 aliphatic rings. The van der Waals surface area contributed by atoms with Crippen LogP contribution in [0.25, 0.3) is 0 Å². The number of rotatable bonds is 3. The Kier molecular flexibility index (Phi) is 5.48. The maximum absolute atomic E-state index is 11.7. The van der Waals surface area contributed by atoms with E-state index in [0.29, 0.717) is 11.3 Å². The second-order valence-corrected chi connectivity index (χ2v) is 5.64. The van der Waals surface area contributed by atoms with Crippen LogP contribution in [0.15, 0.2) is 52.0 Å². The lowest BCUT2D eigenvalue weighted by Gasteiger charge is -2.04. The van der Waals surface area contributed by atoms with Gasteiger partial charge in [-0.25, -0.2) is 5.43 Å². The lowest BCUT2D eigenvalue weighted by Crippen LogP contribution is -2.32. The van der Waals surface area contributed by atoms with Crippen LogP contribution >= 0.6 is 15.9 Å². The Bertz CT molecular complexity index is 775. The molecule has 2 amide bonds. The summed E-state index contributed by atoms with van der Waals surface area (Å²) in [5.74, 6) is -1.72. The highest BCUT2D eigenvalue weighted by Gasteiger charge is 2.12. The third-order valence-electron chi connectivity index (χ3n) is 2.84. The van der Waals surface area contributed by atoms with Gasteiger partial charge in [0.15, 0.2) is 0 Å². The average Bonchev–Trinajstić information content (AvgIpc) is 2.50. The SMILES string of the molecule is Cc1cccc(NC(=O)C(=O)NN=Cc2cc(Br)ccc2O)c1. The molecule has 3 N–H and O–H groups in total. The third-order valence-corrected chi connectivity index (χ3v) is 3.33. The molecule has 0 bridgehead atoms. The minimum Gasteiger partial charge on any atom is -0.507 e. The zero-order valence-corrected chi connectivity index (χ0v) is 13.8. The van der Waals surface area contributed by atoms with Crippen LogP contribution in [-0.2, 0) is 9.59 Å². The number of amides is 2. The molecule has 0 spiro atoms. The molecular formula is C16H14BrN3O3. The Morgan fingerprint density at radius 2 is 1.96 bits per heavy atom. The zero-order valence-electron chi connectivity index (χ0n) is 12.2. The van der Waals surface area contributed by atoms with Crippen molar-refractivity contribution in [3.63, 3.8) is 0 Å². The molecule has 0 atom stereocenters. The van der Waals surface area contributed by atoms with Crippen LogP contribution in [0.5, 0.6) is 5.75 Å². The van der Waals surface area contributed by atoms with Crippen molar-refractivity contribution in [2.24, 2.45) is 5.10 Å². The number of hydrogen-bond acceptors (Lipinski definition) is 4. The van der Waals surface area contributed by atoms with E-state index >= 15 is 0 Å². The van der Waals surface area contributed by atoms with E-state index in [1.807, 2.05) is 13.0 Å². The summed E-state index contributed by atoms with van der Waals surface area (Å²) >= 11 is 3.26. The minimum atomic E-state index is -0.905. The van der Waals surface area contributed by atoms with Crippen molar-refractivity contribution in [2.75, 3.05) is 5.32 Å². The molecule has 7 heteroatoms. The number of nitrogens with one attached hydrogen (secondary N) is 2. The van der Waals surface area contributed by atoms with Gasteiger partial charge in [0.05, 0.1) is 6.21 Å². The number of phenols is 1. The van der Waals surface area contributed by atoms with E-state index in [2.05, 4.69) is 31.8 Å². The van der Waals surface area contributed by atoms with Crippen molar-refractivity contribution in [2.45, 2.75) is 6.92 Å². The van der Waals surface area contributed by atoms with Gasteiger partial charge >= 0.3 is 11.8 Å². The van der Waals surface area contributed by atoms with Crippen molar-refractivity contribution in [3.8, 4) is 5.75 Å². The lowest BCUT2D eigenvalue weighted by atomic mass is 10.2. The number of hydrogen-bond donors (Lipinski definition) is 3. The quantitative estimate of drug-likeness (QED) is 0.437. The first-order valence-electron chi connectivity index (χ1n) is 6.65. The standard InChI is InChI=1S/C16H14BrN3O3/c1-10-3-2-4-13(7-10)19-15(22)16(23)20-18-9-11-8-12(17)5-6-14(11)21/h2-9,21H,1H3,(H,19,22)(H,20,23). The summed E-state index contributed by atoms with van der Waals surface area (Å²) in [6.07, 6.45) is 1.25. The number of aryl methyl sites for hydroxylation is 1. The summed E-state index contributed by atoms with van der Waals surface area (Å²) in [5, 5.41) is 15.8. The van der Waals surface area contributed by atoms with Gasteiger partial charge in [0, 0.05) is 15.7 Å². The second kappa shape index (κ2) is 7.55. The van der Waals surface area contributed by atoms with Gasteiger partial charge in [0.2, 0.25) is 0 Å². The maximum Gasteiger partial charge on any atom is 0.329 e. The highest BCUT2D eigenvalue weighted by Crippen LogP contribution is 2.19. The summed E-state index contributed by atoms with van der Waals surface area (Å²) in [5.41, 5.74) is 4.00. The molecule has 0 aliphatic carbocycles. The van der Waals surface area contributed by atoms with Crippen LogP contribution in [-0.4, -0.2) is 23.1 Å². The smallest absolute Gasteiger partial charge is 0.329 e. The Labute approximate surface area is 141 Å². The molecule has 2 aromatic rings. The first-order valence-corrected chi connectivity index (χ1v) is 7.44. The molecule has 0 aliphatic heterocycles. The van der Waals surface area contributed by atoms with Crippen molar-refractivity contribution in [1.29, 1.82) is 0 Å². The molecule has 0 radical (unpaired) electrons. The molecule has 2 aromatic carbocycles. The van der Waals surface area contributed by atoms with Crippen molar-refractivity contribution < 1.29 is 14.7 Å². The predicted molar refractivity (Wildman–Crippen MR) is 91.4 cm³/mol. The molecule has 6 nitrogen and oxygen atoms in total. The van der Waals surface area contributed by atoms with Crippen LogP contribution in [0, 0.1) is 6.92 Å². The number of aromatic hydroxyl groups is 1. The third kappa shape index (κ3) is 4.93. The van der Waals surface area contributed by atoms with E-state index in [4.69, 9.17) is 0 Å². The summed E-state index contributed by atoms with van der Waals surface area (Å²) in [4.78, 5) is 23.4. The average molecular weight is 376 g/mol. The highest BCUT2D eigenvalue weighted by atomic mass is 79.9. The van der Waals surface area contributed by atoms with Gasteiger partial charge in [0.25, 0.3) is 0 Å². The van der Waals surface area contributed by atoms with Crippen LogP contribution < -0.4 is 10.7 Å². The summed E-state index contributed by atoms with van der Waals surface area (Å²) in [7, 11) is 0. The molecule has 23 heavy (non-hydrogen) atoms. The van der Waals surface area contributed by atoms with Gasteiger partial charge in [-0.15, -0.1) is 0 Å². The summed E-state index contributed by atoms with van der Waals surface area (Å²) in [6, 6.07) is 11.9. The second-order valence-electron chi connectivity index (χ2n) is 4.73. The normalized spacial score (nSPS) is 10.5. The van der Waals surface area contributed by atoms with E-state index in [-0.39, 0.29) is 5.75 Å². The summed E-state index contributed by atoms with van der Waals surface area (Å²) < 4.78 is 0.750. The van der Waals surface area contributed by atoms with E-state index in [1.54, 1.807) is 30.3 Å². The molecule has 0 saturated heterocycles. The van der Waals surface area contributed by atoms with Gasteiger partial charge in [-0.3, -0.25) is 9.59 Å². The van der Waals surface area contributed by atoms with Crippen molar-refractivity contribution in [3.05, 3.63) is 58.1 Å². The Balaban J connectivity index is 1.95. The number of carbonyl (C=O) groups excluding carboxylic acids is 2. The molecule has 0 saturated carbocycles. The Morgan fingerprint density at radius 3 is 2.70 bits per heavy atom. The van der Waals surface area contributed by atoms with E-state index < -0.39 is 11.8 Å². The number of hydrazone groups is 1. The fourth-order valence-corrected chi connectivity index (χ4v) is 2.13. The van der Waals surface area contributed by atoms with Crippen molar-refractivity contribution >= 4 is 39.6 Å². The Hall–Kier alpha value is -2.67. The molecular weight excluding hydrogens is 362 g/mol. The number of anilines is 1. The molecule has 0 fully saturated rings. The first kappa shape index (κ1) is 16.7. The number of benzene rings is 2. The monoisotopic (exact) mass is 375 g/mol. The number of carbonyl (C=O) groups is 2. The van der Waals surface area contributed by atoms with Crippen LogP contribution in [0.2, 0.25) is 0 Å². The van der Waals surface area contributed by atoms with Gasteiger partial charge < -0.3 is 10.4 Å². The van der Waals surface area contributed by atoms with Crippen LogP contribution in [0.3, 0.4) is 0 Å². The Morgan fingerprint density at radius 1 is 1.17 bits per heavy atom. The van der Waals surface area contributed by atoms with Crippen molar-refractivity contribution in [1.82, 2.24) is 5.43 Å². The number of halogens is 1. The zero-order chi connectivity index (χ0) is 16.8. The number of phenolic OH excluding ortho intramolecular Hbond substituents is 1. The largest absolute Gasteiger partial charge is 0.507 e. The fourth-order valence-electron chi connectivity index (χ4n) is 1.75. The molecule has 0 aromatic heterocycles. The number of nitrogens with zero attached hydrogens (tertiary/aromatic N) is 1.